The van der Waals surface area contributed by atoms with Crippen LogP contribution in [0.25, 0.3) is 0 Å². The molecule has 0 bridgehead atoms. The Morgan fingerprint density at radius 1 is 1.21 bits per heavy atom. The van der Waals surface area contributed by atoms with Crippen molar-refractivity contribution in [1.29, 1.82) is 0 Å². The summed E-state index contributed by atoms with van der Waals surface area (Å²) in [7, 11) is 1.62. The zero-order valence-corrected chi connectivity index (χ0v) is 15.3. The Hall–Kier alpha value is -2.04. The second-order valence-corrected chi connectivity index (χ2v) is 5.84. The summed E-state index contributed by atoms with van der Waals surface area (Å²) >= 11 is 0. The first-order valence-electron chi connectivity index (χ1n) is 8.77. The number of methoxy groups -OCH3 is 1. The summed E-state index contributed by atoms with van der Waals surface area (Å²) in [6.45, 7) is 6.96. The van der Waals surface area contributed by atoms with Crippen LogP contribution in [0.2, 0.25) is 0 Å². The van der Waals surface area contributed by atoms with Crippen molar-refractivity contribution in [2.45, 2.75) is 59.0 Å². The van der Waals surface area contributed by atoms with Crippen LogP contribution in [0.3, 0.4) is 0 Å². The fourth-order valence-electron chi connectivity index (χ4n) is 2.61. The lowest BCUT2D eigenvalue weighted by Gasteiger charge is -2.30. The minimum absolute atomic E-state index is 0.0128. The van der Waals surface area contributed by atoms with Crippen molar-refractivity contribution >= 4 is 11.8 Å². The van der Waals surface area contributed by atoms with E-state index < -0.39 is 6.04 Å². The topological polar surface area (TPSA) is 58.6 Å². The van der Waals surface area contributed by atoms with Crippen molar-refractivity contribution < 1.29 is 14.3 Å². The number of hydrogen-bond donors (Lipinski definition) is 1. The summed E-state index contributed by atoms with van der Waals surface area (Å²) in [5.41, 5.74) is 0.959. The maximum absolute atomic E-state index is 12.6. The Bertz CT molecular complexity index is 531. The van der Waals surface area contributed by atoms with Crippen LogP contribution < -0.4 is 10.1 Å². The molecule has 1 atom stereocenters. The fourth-order valence-corrected chi connectivity index (χ4v) is 2.61. The number of carbonyl (C=O) groups excluding carboxylic acids is 2. The number of nitrogens with zero attached hydrogens (tertiary/aromatic N) is 1. The lowest BCUT2D eigenvalue weighted by molar-refractivity contribution is -0.141. The lowest BCUT2D eigenvalue weighted by atomic mass is 10.1. The summed E-state index contributed by atoms with van der Waals surface area (Å²) < 4.78 is 5.25. The molecule has 0 aliphatic carbocycles. The third-order valence-corrected chi connectivity index (χ3v) is 3.89. The Labute approximate surface area is 145 Å². The van der Waals surface area contributed by atoms with Crippen LogP contribution in [0.4, 0.5) is 0 Å². The van der Waals surface area contributed by atoms with E-state index in [2.05, 4.69) is 5.32 Å². The number of rotatable bonds is 10. The van der Waals surface area contributed by atoms with Gasteiger partial charge in [0.1, 0.15) is 11.8 Å². The normalized spacial score (nSPS) is 11.7. The van der Waals surface area contributed by atoms with Gasteiger partial charge in [0.2, 0.25) is 11.8 Å². The molecule has 5 nitrogen and oxygen atoms in total. The second-order valence-electron chi connectivity index (χ2n) is 5.84. The third-order valence-electron chi connectivity index (χ3n) is 3.89. The van der Waals surface area contributed by atoms with E-state index in [9.17, 15) is 9.59 Å². The number of amides is 2. The molecule has 1 rings (SSSR count). The van der Waals surface area contributed by atoms with Gasteiger partial charge in [0.25, 0.3) is 0 Å². The maximum atomic E-state index is 12.6. The largest absolute Gasteiger partial charge is 0.497 e. The molecule has 0 fully saturated rings. The standard InChI is InChI=1S/C19H30N2O3/c1-5-9-18(22)21(17(7-3)19(23)20-12-6-2)14-15-10-8-11-16(13-15)24-4/h8,10-11,13,17H,5-7,9,12,14H2,1-4H3,(H,20,23)/t17-/m1/s1. The van der Waals surface area contributed by atoms with Gasteiger partial charge in [-0.2, -0.15) is 0 Å². The zero-order chi connectivity index (χ0) is 17.9. The smallest absolute Gasteiger partial charge is 0.242 e. The van der Waals surface area contributed by atoms with E-state index in [1.165, 1.54) is 0 Å². The Balaban J connectivity index is 3.00. The lowest BCUT2D eigenvalue weighted by Crippen LogP contribution is -2.49. The molecule has 0 heterocycles. The quantitative estimate of drug-likeness (QED) is 0.715. The van der Waals surface area contributed by atoms with Crippen molar-refractivity contribution in [3.8, 4) is 5.75 Å². The average Bonchev–Trinajstić information content (AvgIpc) is 2.60. The van der Waals surface area contributed by atoms with Crippen LogP contribution in [0.15, 0.2) is 24.3 Å². The van der Waals surface area contributed by atoms with Crippen molar-refractivity contribution in [2.24, 2.45) is 0 Å². The van der Waals surface area contributed by atoms with E-state index in [1.807, 2.05) is 45.0 Å². The summed E-state index contributed by atoms with van der Waals surface area (Å²) in [5.74, 6) is 0.685. The van der Waals surface area contributed by atoms with Gasteiger partial charge in [-0.25, -0.2) is 0 Å². The number of carbonyl (C=O) groups is 2. The van der Waals surface area contributed by atoms with Crippen LogP contribution in [-0.4, -0.2) is 36.4 Å². The van der Waals surface area contributed by atoms with E-state index in [4.69, 9.17) is 4.74 Å². The SMILES string of the molecule is CCCNC(=O)[C@@H](CC)N(Cc1cccc(OC)c1)C(=O)CCC. The molecule has 24 heavy (non-hydrogen) atoms. The van der Waals surface area contributed by atoms with Crippen LogP contribution in [0.1, 0.15) is 52.0 Å². The number of hydrogen-bond acceptors (Lipinski definition) is 3. The molecule has 0 spiro atoms. The van der Waals surface area contributed by atoms with Gasteiger partial charge in [-0.1, -0.05) is 32.9 Å². The van der Waals surface area contributed by atoms with Crippen molar-refractivity contribution in [3.05, 3.63) is 29.8 Å². The van der Waals surface area contributed by atoms with Gasteiger partial charge < -0.3 is 15.0 Å². The maximum Gasteiger partial charge on any atom is 0.242 e. The number of ether oxygens (including phenoxy) is 1. The van der Waals surface area contributed by atoms with Crippen molar-refractivity contribution in [3.63, 3.8) is 0 Å². The highest BCUT2D eigenvalue weighted by molar-refractivity contribution is 5.87. The minimum atomic E-state index is -0.443. The summed E-state index contributed by atoms with van der Waals surface area (Å²) in [6.07, 6.45) is 2.68. The molecule has 134 valence electrons. The van der Waals surface area contributed by atoms with Crippen LogP contribution in [0, 0.1) is 0 Å². The van der Waals surface area contributed by atoms with Gasteiger partial charge in [0, 0.05) is 19.5 Å². The van der Waals surface area contributed by atoms with E-state index in [0.717, 1.165) is 24.2 Å². The Morgan fingerprint density at radius 2 is 1.96 bits per heavy atom. The van der Waals surface area contributed by atoms with Gasteiger partial charge >= 0.3 is 0 Å². The van der Waals surface area contributed by atoms with Gasteiger partial charge in [-0.3, -0.25) is 9.59 Å². The molecular weight excluding hydrogens is 304 g/mol. The van der Waals surface area contributed by atoms with Gasteiger partial charge in [0.15, 0.2) is 0 Å². The van der Waals surface area contributed by atoms with E-state index in [-0.39, 0.29) is 11.8 Å². The summed E-state index contributed by atoms with van der Waals surface area (Å²) in [4.78, 5) is 26.8. The molecule has 0 aromatic heterocycles. The predicted molar refractivity (Wildman–Crippen MR) is 95.8 cm³/mol. The molecule has 5 heteroatoms. The molecule has 1 aromatic carbocycles. The zero-order valence-electron chi connectivity index (χ0n) is 15.3. The van der Waals surface area contributed by atoms with Gasteiger partial charge in [-0.05, 0) is 37.0 Å². The Morgan fingerprint density at radius 3 is 2.54 bits per heavy atom. The molecule has 2 amide bonds. The summed E-state index contributed by atoms with van der Waals surface area (Å²) in [6, 6.07) is 7.18. The molecule has 0 radical (unpaired) electrons. The minimum Gasteiger partial charge on any atom is -0.497 e. The first-order valence-corrected chi connectivity index (χ1v) is 8.77. The molecule has 0 aliphatic rings. The molecule has 0 saturated heterocycles. The van der Waals surface area contributed by atoms with E-state index >= 15 is 0 Å². The fraction of sp³-hybridized carbons (Fsp3) is 0.579. The molecule has 0 unspecified atom stereocenters. The van der Waals surface area contributed by atoms with Crippen molar-refractivity contribution in [2.75, 3.05) is 13.7 Å². The number of nitrogens with one attached hydrogen (secondary N) is 1. The van der Waals surface area contributed by atoms with Crippen LogP contribution >= 0.6 is 0 Å². The highest BCUT2D eigenvalue weighted by Gasteiger charge is 2.27. The van der Waals surface area contributed by atoms with Gasteiger partial charge in [-0.15, -0.1) is 0 Å². The molecule has 0 saturated carbocycles. The highest BCUT2D eigenvalue weighted by Crippen LogP contribution is 2.18. The third kappa shape index (κ3) is 5.87. The van der Waals surface area contributed by atoms with Crippen LogP contribution in [-0.2, 0) is 16.1 Å². The molecule has 0 aliphatic heterocycles. The predicted octanol–water partition coefficient (Wildman–Crippen LogP) is 3.13. The highest BCUT2D eigenvalue weighted by atomic mass is 16.5. The first-order chi connectivity index (χ1) is 11.6. The first kappa shape index (κ1) is 20.0. The van der Waals surface area contributed by atoms with Gasteiger partial charge in [0.05, 0.1) is 7.11 Å². The Kier molecular flexibility index (Phi) is 8.90. The second kappa shape index (κ2) is 10.7. The molecule has 1 N–H and O–H groups in total. The molecule has 1 aromatic rings. The molecular formula is C19H30N2O3. The number of benzene rings is 1. The average molecular weight is 334 g/mol. The van der Waals surface area contributed by atoms with E-state index in [1.54, 1.807) is 12.0 Å². The van der Waals surface area contributed by atoms with E-state index in [0.29, 0.717) is 25.9 Å². The summed E-state index contributed by atoms with van der Waals surface area (Å²) in [5, 5.41) is 2.91. The van der Waals surface area contributed by atoms with Crippen LogP contribution in [0.5, 0.6) is 5.75 Å². The van der Waals surface area contributed by atoms with Crippen molar-refractivity contribution in [1.82, 2.24) is 10.2 Å². The monoisotopic (exact) mass is 334 g/mol.